The molecule has 2 aromatic carbocycles. The molecule has 2 aromatic rings. The van der Waals surface area contributed by atoms with Gasteiger partial charge in [0, 0.05) is 10.0 Å². The van der Waals surface area contributed by atoms with Crippen LogP contribution in [0.2, 0.25) is 0 Å². The molecule has 3 heteroatoms. The summed E-state index contributed by atoms with van der Waals surface area (Å²) in [5.74, 6) is -0.930. The van der Waals surface area contributed by atoms with Gasteiger partial charge in [-0.2, -0.15) is 5.26 Å². The van der Waals surface area contributed by atoms with Crippen molar-refractivity contribution in [3.05, 3.63) is 69.2 Å². The summed E-state index contributed by atoms with van der Waals surface area (Å²) in [4.78, 5) is 12.5. The van der Waals surface area contributed by atoms with E-state index in [-0.39, 0.29) is 5.78 Å². The molecule has 0 heterocycles. The largest absolute Gasteiger partial charge is 0.292 e. The number of rotatable bonds is 3. The van der Waals surface area contributed by atoms with Crippen LogP contribution in [-0.2, 0) is 0 Å². The molecule has 2 nitrogen and oxygen atoms in total. The van der Waals surface area contributed by atoms with Gasteiger partial charge in [-0.05, 0) is 42.7 Å². The topological polar surface area (TPSA) is 40.9 Å². The first-order chi connectivity index (χ1) is 9.52. The third-order valence-corrected chi connectivity index (χ3v) is 3.86. The molecule has 1 atom stereocenters. The zero-order chi connectivity index (χ0) is 14.7. The van der Waals surface area contributed by atoms with Gasteiger partial charge < -0.3 is 0 Å². The zero-order valence-corrected chi connectivity index (χ0v) is 12.9. The summed E-state index contributed by atoms with van der Waals surface area (Å²) in [6.07, 6.45) is 0. The first kappa shape index (κ1) is 14.5. The number of carbonyl (C=O) groups is 1. The van der Waals surface area contributed by atoms with Crippen LogP contribution in [0.5, 0.6) is 0 Å². The summed E-state index contributed by atoms with van der Waals surface area (Å²) in [6.45, 7) is 3.99. The van der Waals surface area contributed by atoms with Gasteiger partial charge in [0.25, 0.3) is 0 Å². The van der Waals surface area contributed by atoms with Crippen LogP contribution in [0.1, 0.15) is 33.0 Å². The van der Waals surface area contributed by atoms with Gasteiger partial charge in [0.05, 0.1) is 6.07 Å². The highest BCUT2D eigenvalue weighted by Gasteiger charge is 2.22. The van der Waals surface area contributed by atoms with Crippen molar-refractivity contribution in [1.82, 2.24) is 0 Å². The number of ketones is 1. The molecular formula is C17H14BrNO. The lowest BCUT2D eigenvalue weighted by molar-refractivity contribution is 0.0979. The van der Waals surface area contributed by atoms with E-state index in [1.807, 2.05) is 38.1 Å². The van der Waals surface area contributed by atoms with Crippen LogP contribution < -0.4 is 0 Å². The van der Waals surface area contributed by atoms with Crippen molar-refractivity contribution in [1.29, 1.82) is 5.26 Å². The minimum Gasteiger partial charge on any atom is -0.292 e. The van der Waals surface area contributed by atoms with E-state index < -0.39 is 5.92 Å². The van der Waals surface area contributed by atoms with E-state index in [2.05, 4.69) is 22.0 Å². The summed E-state index contributed by atoms with van der Waals surface area (Å²) < 4.78 is 0.833. The highest BCUT2D eigenvalue weighted by molar-refractivity contribution is 9.10. The lowest BCUT2D eigenvalue weighted by Crippen LogP contribution is -2.11. The third-order valence-electron chi connectivity index (χ3n) is 3.36. The van der Waals surface area contributed by atoms with E-state index in [1.54, 1.807) is 18.2 Å². The number of Topliss-reactive ketones (excluding diaryl/α,β-unsaturated/α-hetero) is 1. The molecule has 100 valence electrons. The highest BCUT2D eigenvalue weighted by Crippen LogP contribution is 2.24. The van der Waals surface area contributed by atoms with Crippen molar-refractivity contribution in [2.45, 2.75) is 19.8 Å². The minimum atomic E-state index is -0.761. The summed E-state index contributed by atoms with van der Waals surface area (Å²) >= 11 is 3.34. The van der Waals surface area contributed by atoms with Crippen LogP contribution in [0.4, 0.5) is 0 Å². The van der Waals surface area contributed by atoms with E-state index >= 15 is 0 Å². The Kier molecular flexibility index (Phi) is 4.36. The molecule has 1 unspecified atom stereocenters. The van der Waals surface area contributed by atoms with Crippen molar-refractivity contribution in [2.75, 3.05) is 0 Å². The normalized spacial score (nSPS) is 11.7. The Balaban J connectivity index is 2.40. The van der Waals surface area contributed by atoms with Crippen LogP contribution in [0.25, 0.3) is 0 Å². The first-order valence-corrected chi connectivity index (χ1v) is 7.09. The Morgan fingerprint density at radius 1 is 1.15 bits per heavy atom. The molecule has 0 amide bonds. The monoisotopic (exact) mass is 327 g/mol. The zero-order valence-electron chi connectivity index (χ0n) is 11.4. The lowest BCUT2D eigenvalue weighted by atomic mass is 9.90. The Bertz CT molecular complexity index is 700. The average molecular weight is 328 g/mol. The molecule has 0 saturated carbocycles. The SMILES string of the molecule is Cc1ccc(C(C#N)C(=O)c2cccc(Br)c2)cc1C. The van der Waals surface area contributed by atoms with E-state index in [1.165, 1.54) is 0 Å². The van der Waals surface area contributed by atoms with E-state index in [0.717, 1.165) is 21.2 Å². The predicted octanol–water partition coefficient (Wildman–Crippen LogP) is 4.56. The maximum absolute atomic E-state index is 12.5. The van der Waals surface area contributed by atoms with Crippen LogP contribution in [0, 0.1) is 25.2 Å². The van der Waals surface area contributed by atoms with E-state index in [4.69, 9.17) is 0 Å². The number of aryl methyl sites for hydroxylation is 2. The summed E-state index contributed by atoms with van der Waals surface area (Å²) in [6, 6.07) is 15.0. The van der Waals surface area contributed by atoms with Gasteiger partial charge in [-0.3, -0.25) is 4.79 Å². The van der Waals surface area contributed by atoms with Crippen LogP contribution in [-0.4, -0.2) is 5.78 Å². The first-order valence-electron chi connectivity index (χ1n) is 6.29. The van der Waals surface area contributed by atoms with E-state index in [9.17, 15) is 10.1 Å². The summed E-state index contributed by atoms with van der Waals surface area (Å²) in [7, 11) is 0. The molecule has 0 aliphatic carbocycles. The Hall–Kier alpha value is -1.92. The molecule has 2 rings (SSSR count). The van der Waals surface area contributed by atoms with Crippen LogP contribution >= 0.6 is 15.9 Å². The fraction of sp³-hybridized carbons (Fsp3) is 0.176. The van der Waals surface area contributed by atoms with Gasteiger partial charge in [-0.15, -0.1) is 0 Å². The van der Waals surface area contributed by atoms with Gasteiger partial charge in [-0.25, -0.2) is 0 Å². The number of nitriles is 1. The molecule has 0 aliphatic heterocycles. The van der Waals surface area contributed by atoms with Gasteiger partial charge in [0.15, 0.2) is 5.78 Å². The van der Waals surface area contributed by atoms with Crippen molar-refractivity contribution >= 4 is 21.7 Å². The molecule has 0 aliphatic rings. The molecule has 0 saturated heterocycles. The Labute approximate surface area is 127 Å². The van der Waals surface area contributed by atoms with Gasteiger partial charge >= 0.3 is 0 Å². The van der Waals surface area contributed by atoms with Gasteiger partial charge in [0.2, 0.25) is 0 Å². The number of carbonyl (C=O) groups excluding carboxylic acids is 1. The summed E-state index contributed by atoms with van der Waals surface area (Å²) in [5, 5.41) is 9.36. The molecule has 0 bridgehead atoms. The number of benzene rings is 2. The second-order valence-electron chi connectivity index (χ2n) is 4.78. The third kappa shape index (κ3) is 2.97. The molecule has 0 aromatic heterocycles. The van der Waals surface area contributed by atoms with Crippen molar-refractivity contribution in [3.8, 4) is 6.07 Å². The number of nitrogens with zero attached hydrogens (tertiary/aromatic N) is 1. The van der Waals surface area contributed by atoms with Crippen LogP contribution in [0.15, 0.2) is 46.9 Å². The Morgan fingerprint density at radius 3 is 2.50 bits per heavy atom. The second kappa shape index (κ2) is 6.02. The van der Waals surface area contributed by atoms with Gasteiger partial charge in [-0.1, -0.05) is 46.3 Å². The number of hydrogen-bond donors (Lipinski definition) is 0. The fourth-order valence-corrected chi connectivity index (χ4v) is 2.44. The van der Waals surface area contributed by atoms with E-state index in [0.29, 0.717) is 5.56 Å². The maximum atomic E-state index is 12.5. The smallest absolute Gasteiger partial charge is 0.184 e. The predicted molar refractivity (Wildman–Crippen MR) is 82.7 cm³/mol. The highest BCUT2D eigenvalue weighted by atomic mass is 79.9. The van der Waals surface area contributed by atoms with Crippen LogP contribution in [0.3, 0.4) is 0 Å². The lowest BCUT2D eigenvalue weighted by Gasteiger charge is -2.11. The molecule has 0 spiro atoms. The van der Waals surface area contributed by atoms with Crippen molar-refractivity contribution in [2.24, 2.45) is 0 Å². The standard InChI is InChI=1S/C17H14BrNO/c1-11-6-7-13(8-12(11)2)16(10-19)17(20)14-4-3-5-15(18)9-14/h3-9,16H,1-2H3. The molecular weight excluding hydrogens is 314 g/mol. The number of hydrogen-bond acceptors (Lipinski definition) is 2. The maximum Gasteiger partial charge on any atom is 0.184 e. The quantitative estimate of drug-likeness (QED) is 0.775. The fourth-order valence-electron chi connectivity index (χ4n) is 2.04. The molecule has 0 radical (unpaired) electrons. The Morgan fingerprint density at radius 2 is 1.90 bits per heavy atom. The molecule has 0 N–H and O–H groups in total. The molecule has 20 heavy (non-hydrogen) atoms. The average Bonchev–Trinajstić information content (AvgIpc) is 2.43. The van der Waals surface area contributed by atoms with Crippen molar-refractivity contribution in [3.63, 3.8) is 0 Å². The van der Waals surface area contributed by atoms with Crippen molar-refractivity contribution < 1.29 is 4.79 Å². The number of halogens is 1. The summed E-state index contributed by atoms with van der Waals surface area (Å²) in [5.41, 5.74) is 3.54. The van der Waals surface area contributed by atoms with Gasteiger partial charge in [0.1, 0.15) is 5.92 Å². The molecule has 0 fully saturated rings. The minimum absolute atomic E-state index is 0.169. The second-order valence-corrected chi connectivity index (χ2v) is 5.70.